The van der Waals surface area contributed by atoms with Crippen molar-refractivity contribution in [3.63, 3.8) is 0 Å². The van der Waals surface area contributed by atoms with E-state index < -0.39 is 15.1 Å². The van der Waals surface area contributed by atoms with Gasteiger partial charge < -0.3 is 10.6 Å². The van der Waals surface area contributed by atoms with Gasteiger partial charge in [-0.15, -0.1) is 0 Å². The lowest BCUT2D eigenvalue weighted by Crippen LogP contribution is -2.34. The Morgan fingerprint density at radius 2 is 2.19 bits per heavy atom. The third kappa shape index (κ3) is 3.93. The van der Waals surface area contributed by atoms with E-state index in [2.05, 4.69) is 15.6 Å². The number of nitrogens with zero attached hydrogens (tertiary/aromatic N) is 1. The minimum absolute atomic E-state index is 0.180. The van der Waals surface area contributed by atoms with Crippen molar-refractivity contribution in [3.05, 3.63) is 23.4 Å². The van der Waals surface area contributed by atoms with Crippen molar-refractivity contribution in [1.82, 2.24) is 10.3 Å². The van der Waals surface area contributed by atoms with Crippen molar-refractivity contribution >= 4 is 21.6 Å². The normalized spacial score (nSPS) is 20.2. The van der Waals surface area contributed by atoms with Crippen molar-refractivity contribution in [2.24, 2.45) is 0 Å². The van der Waals surface area contributed by atoms with Crippen LogP contribution in [0.15, 0.2) is 12.1 Å². The summed E-state index contributed by atoms with van der Waals surface area (Å²) in [5.41, 5.74) is 1.24. The molecule has 1 aliphatic rings. The number of hydrogen-bond donors (Lipinski definition) is 2. The fourth-order valence-electron chi connectivity index (χ4n) is 2.47. The number of carbonyl (C=O) groups is 1. The molecule has 21 heavy (non-hydrogen) atoms. The van der Waals surface area contributed by atoms with Crippen LogP contribution in [0.2, 0.25) is 0 Å². The minimum Gasteiger partial charge on any atom is -0.370 e. The van der Waals surface area contributed by atoms with Crippen LogP contribution in [-0.4, -0.2) is 43.4 Å². The zero-order chi connectivity index (χ0) is 15.5. The van der Waals surface area contributed by atoms with Gasteiger partial charge >= 0.3 is 0 Å². The number of sulfone groups is 1. The van der Waals surface area contributed by atoms with Crippen molar-refractivity contribution in [2.45, 2.75) is 31.9 Å². The summed E-state index contributed by atoms with van der Waals surface area (Å²) in [4.78, 5) is 16.4. The molecule has 1 fully saturated rings. The first-order valence-corrected chi connectivity index (χ1v) is 8.86. The van der Waals surface area contributed by atoms with E-state index >= 15 is 0 Å². The lowest BCUT2D eigenvalue weighted by atomic mass is 10.2. The van der Waals surface area contributed by atoms with Crippen molar-refractivity contribution < 1.29 is 13.2 Å². The molecule has 2 N–H and O–H groups in total. The molecule has 1 aromatic rings. The monoisotopic (exact) mass is 311 g/mol. The highest BCUT2D eigenvalue weighted by Gasteiger charge is 2.31. The number of hydrogen-bond acceptors (Lipinski definition) is 5. The highest BCUT2D eigenvalue weighted by atomic mass is 32.2. The average molecular weight is 311 g/mol. The fraction of sp³-hybridized carbons (Fsp3) is 0.571. The highest BCUT2D eigenvalue weighted by molar-refractivity contribution is 7.92. The molecule has 2 rings (SSSR count). The van der Waals surface area contributed by atoms with Crippen LogP contribution in [0.25, 0.3) is 0 Å². The standard InChI is InChI=1S/C14H21N3O3S/c1-3-15-13-8-11(7-10(2)17-13)14(18)16-9-12-5-4-6-21(12,19)20/h7-8,12H,3-6,9H2,1-2H3,(H,15,17)(H,16,18). The predicted octanol–water partition coefficient (Wildman–Crippen LogP) is 1.13. The first-order valence-electron chi connectivity index (χ1n) is 7.14. The van der Waals surface area contributed by atoms with E-state index in [0.717, 1.165) is 12.2 Å². The zero-order valence-corrected chi connectivity index (χ0v) is 13.2. The van der Waals surface area contributed by atoms with Crippen LogP contribution in [0.3, 0.4) is 0 Å². The second-order valence-electron chi connectivity index (χ2n) is 5.25. The second kappa shape index (κ2) is 6.43. The molecule has 1 saturated heterocycles. The van der Waals surface area contributed by atoms with E-state index in [0.29, 0.717) is 24.2 Å². The summed E-state index contributed by atoms with van der Waals surface area (Å²) in [6.07, 6.45) is 1.31. The van der Waals surface area contributed by atoms with Gasteiger partial charge in [0.05, 0.1) is 11.0 Å². The highest BCUT2D eigenvalue weighted by Crippen LogP contribution is 2.19. The van der Waals surface area contributed by atoms with Crippen LogP contribution in [0.4, 0.5) is 5.82 Å². The summed E-state index contributed by atoms with van der Waals surface area (Å²) >= 11 is 0. The van der Waals surface area contributed by atoms with E-state index in [1.54, 1.807) is 12.1 Å². The second-order valence-corrected chi connectivity index (χ2v) is 7.65. The molecule has 0 aliphatic carbocycles. The van der Waals surface area contributed by atoms with Crippen molar-refractivity contribution in [2.75, 3.05) is 24.2 Å². The largest absolute Gasteiger partial charge is 0.370 e. The first kappa shape index (κ1) is 15.8. The van der Waals surface area contributed by atoms with Crippen LogP contribution in [0, 0.1) is 6.92 Å². The van der Waals surface area contributed by atoms with E-state index in [1.807, 2.05) is 13.8 Å². The van der Waals surface area contributed by atoms with Gasteiger partial charge in [0.15, 0.2) is 9.84 Å². The molecule has 116 valence electrons. The van der Waals surface area contributed by atoms with Gasteiger partial charge in [-0.1, -0.05) is 0 Å². The summed E-state index contributed by atoms with van der Waals surface area (Å²) in [6.45, 7) is 4.67. The molecular formula is C14H21N3O3S. The van der Waals surface area contributed by atoms with E-state index in [-0.39, 0.29) is 18.2 Å². The average Bonchev–Trinajstić information content (AvgIpc) is 2.74. The Labute approximate surface area is 125 Å². The molecule has 0 saturated carbocycles. The fourth-order valence-corrected chi connectivity index (χ4v) is 4.23. The molecule has 1 amide bonds. The van der Waals surface area contributed by atoms with Gasteiger partial charge in [0.2, 0.25) is 0 Å². The number of rotatable bonds is 5. The lowest BCUT2D eigenvalue weighted by molar-refractivity contribution is 0.0953. The predicted molar refractivity (Wildman–Crippen MR) is 82.3 cm³/mol. The zero-order valence-electron chi connectivity index (χ0n) is 12.3. The Hall–Kier alpha value is -1.63. The topological polar surface area (TPSA) is 88.2 Å². The van der Waals surface area contributed by atoms with Gasteiger partial charge in [0, 0.05) is 24.3 Å². The van der Waals surface area contributed by atoms with Crippen LogP contribution >= 0.6 is 0 Å². The Balaban J connectivity index is 2.03. The maximum Gasteiger partial charge on any atom is 0.251 e. The minimum atomic E-state index is -3.03. The van der Waals surface area contributed by atoms with E-state index in [4.69, 9.17) is 0 Å². The number of nitrogens with one attached hydrogen (secondary N) is 2. The number of anilines is 1. The van der Waals surface area contributed by atoms with Gasteiger partial charge in [-0.05, 0) is 38.8 Å². The molecule has 7 heteroatoms. The van der Waals surface area contributed by atoms with Crippen molar-refractivity contribution in [3.8, 4) is 0 Å². The number of aryl methyl sites for hydroxylation is 1. The lowest BCUT2D eigenvalue weighted by Gasteiger charge is -2.12. The molecule has 2 heterocycles. The number of pyridine rings is 1. The van der Waals surface area contributed by atoms with E-state index in [9.17, 15) is 13.2 Å². The summed E-state index contributed by atoms with van der Waals surface area (Å²) in [5.74, 6) is 0.616. The third-order valence-corrected chi connectivity index (χ3v) is 5.80. The quantitative estimate of drug-likeness (QED) is 0.851. The van der Waals surface area contributed by atoms with Gasteiger partial charge in [-0.2, -0.15) is 0 Å². The third-order valence-electron chi connectivity index (χ3n) is 3.53. The Bertz CT molecular complexity index is 628. The van der Waals surface area contributed by atoms with Crippen LogP contribution in [0.1, 0.15) is 35.8 Å². The van der Waals surface area contributed by atoms with Crippen LogP contribution < -0.4 is 10.6 Å². The molecule has 1 unspecified atom stereocenters. The van der Waals surface area contributed by atoms with Gasteiger partial charge in [-0.25, -0.2) is 13.4 Å². The maximum absolute atomic E-state index is 12.2. The molecule has 0 bridgehead atoms. The molecule has 0 radical (unpaired) electrons. The van der Waals surface area contributed by atoms with Gasteiger partial charge in [0.1, 0.15) is 5.82 Å². The molecular weight excluding hydrogens is 290 g/mol. The summed E-state index contributed by atoms with van der Waals surface area (Å²) < 4.78 is 23.5. The van der Waals surface area contributed by atoms with Crippen LogP contribution in [-0.2, 0) is 9.84 Å². The number of carbonyl (C=O) groups excluding carboxylic acids is 1. The van der Waals surface area contributed by atoms with Crippen LogP contribution in [0.5, 0.6) is 0 Å². The molecule has 0 aromatic carbocycles. The van der Waals surface area contributed by atoms with Crippen molar-refractivity contribution in [1.29, 1.82) is 0 Å². The molecule has 6 nitrogen and oxygen atoms in total. The SMILES string of the molecule is CCNc1cc(C(=O)NCC2CCCS2(=O)=O)cc(C)n1. The number of aromatic nitrogens is 1. The van der Waals surface area contributed by atoms with Gasteiger partial charge in [0.25, 0.3) is 5.91 Å². The smallest absolute Gasteiger partial charge is 0.251 e. The summed E-state index contributed by atoms with van der Waals surface area (Å²) in [6, 6.07) is 3.37. The maximum atomic E-state index is 12.2. The number of amides is 1. The summed E-state index contributed by atoms with van der Waals surface area (Å²) in [5, 5.41) is 5.34. The van der Waals surface area contributed by atoms with E-state index in [1.165, 1.54) is 0 Å². The molecule has 1 aromatic heterocycles. The molecule has 0 spiro atoms. The van der Waals surface area contributed by atoms with Gasteiger partial charge in [-0.3, -0.25) is 4.79 Å². The Morgan fingerprint density at radius 3 is 2.81 bits per heavy atom. The molecule has 1 atom stereocenters. The summed E-state index contributed by atoms with van der Waals surface area (Å²) in [7, 11) is -3.03. The Morgan fingerprint density at radius 1 is 1.43 bits per heavy atom. The Kier molecular flexibility index (Phi) is 4.82. The first-order chi connectivity index (χ1) is 9.92. The molecule has 1 aliphatic heterocycles.